The number of hydrogen-bond acceptors (Lipinski definition) is 5. The van der Waals surface area contributed by atoms with Gasteiger partial charge < -0.3 is 32.0 Å². The van der Waals surface area contributed by atoms with Crippen LogP contribution in [0, 0.1) is 0 Å². The van der Waals surface area contributed by atoms with Crippen LogP contribution < -0.4 is 22.1 Å². The molecule has 0 saturated carbocycles. The molecule has 0 saturated heterocycles. The van der Waals surface area contributed by atoms with Gasteiger partial charge in [-0.1, -0.05) is 89.9 Å². The second-order valence-electron chi connectivity index (χ2n) is 10.8. The third-order valence-electron chi connectivity index (χ3n) is 7.01. The highest BCUT2D eigenvalue weighted by molar-refractivity contribution is 5.76. The van der Waals surface area contributed by atoms with Crippen LogP contribution in [0.1, 0.15) is 141 Å². The second kappa shape index (κ2) is 28.8. The van der Waals surface area contributed by atoms with Crippen molar-refractivity contribution in [2.45, 2.75) is 147 Å². The van der Waals surface area contributed by atoms with Crippen molar-refractivity contribution in [3.8, 4) is 0 Å². The molecule has 1 atom stereocenters. The molecule has 0 heterocycles. The minimum absolute atomic E-state index is 0.0773. The van der Waals surface area contributed by atoms with Crippen molar-refractivity contribution in [3.63, 3.8) is 0 Å². The van der Waals surface area contributed by atoms with Crippen LogP contribution in [0.3, 0.4) is 0 Å². The van der Waals surface area contributed by atoms with Gasteiger partial charge in [-0.15, -0.1) is 0 Å². The van der Waals surface area contributed by atoms with Gasteiger partial charge in [0, 0.05) is 25.9 Å². The quantitative estimate of drug-likeness (QED) is 0.0353. The Labute approximate surface area is 237 Å². The van der Waals surface area contributed by atoms with E-state index in [4.69, 9.17) is 16.6 Å². The number of guanidine groups is 1. The van der Waals surface area contributed by atoms with Crippen LogP contribution in [0.25, 0.3) is 0 Å². The molecule has 39 heavy (non-hydrogen) atoms. The number of aldehydes is 1. The zero-order valence-electron chi connectivity index (χ0n) is 24.6. The van der Waals surface area contributed by atoms with E-state index in [2.05, 4.69) is 15.6 Å². The lowest BCUT2D eigenvalue weighted by molar-refractivity contribution is -0.137. The maximum absolute atomic E-state index is 12.0. The molecule has 1 unspecified atom stereocenters. The molecule has 1 amide bonds. The number of rotatable bonds is 30. The number of aliphatic imine (C=N–C) groups is 1. The van der Waals surface area contributed by atoms with E-state index >= 15 is 0 Å². The second-order valence-corrected chi connectivity index (χ2v) is 10.8. The summed E-state index contributed by atoms with van der Waals surface area (Å²) >= 11 is 0. The fourth-order valence-corrected chi connectivity index (χ4v) is 4.63. The number of carbonyl (C=O) groups excluding carboxylic acids is 2. The number of aliphatic carboxylic acids is 1. The standard InChI is InChI=1S/C30H59N5O4/c31-30(32)35-25-19-20-27(26-36)33-23-17-18-24-34-28(37)21-15-13-11-9-7-5-3-1-2-4-6-8-10-12-14-16-22-29(38)39/h26-27,33H,1-25H2,(H,34,37)(H,38,39)(H4,31,32,35). The van der Waals surface area contributed by atoms with E-state index < -0.39 is 5.97 Å². The van der Waals surface area contributed by atoms with Crippen LogP contribution in [-0.2, 0) is 14.4 Å². The molecule has 0 aromatic rings. The third kappa shape index (κ3) is 30.2. The Kier molecular flexibility index (Phi) is 27.2. The van der Waals surface area contributed by atoms with E-state index in [0.717, 1.165) is 57.8 Å². The first-order valence-electron chi connectivity index (χ1n) is 15.7. The highest BCUT2D eigenvalue weighted by Gasteiger charge is 2.06. The van der Waals surface area contributed by atoms with Gasteiger partial charge in [0.2, 0.25) is 5.91 Å². The van der Waals surface area contributed by atoms with E-state index in [0.29, 0.717) is 32.4 Å². The van der Waals surface area contributed by atoms with Crippen LogP contribution >= 0.6 is 0 Å². The average Bonchev–Trinajstić information content (AvgIpc) is 2.90. The SMILES string of the molecule is NC(N)=NCCCC(C=O)NCCCCNC(=O)CCCCCCCCCCCCCCCCCCC(=O)O. The number of carboxylic acid groups (broad SMARTS) is 1. The third-order valence-corrected chi connectivity index (χ3v) is 7.01. The summed E-state index contributed by atoms with van der Waals surface area (Å²) in [6.45, 7) is 1.97. The van der Waals surface area contributed by atoms with Gasteiger partial charge in [-0.3, -0.25) is 14.6 Å². The molecular formula is C30H59N5O4. The largest absolute Gasteiger partial charge is 0.481 e. The van der Waals surface area contributed by atoms with Crippen molar-refractivity contribution in [2.24, 2.45) is 16.5 Å². The molecular weight excluding hydrogens is 494 g/mol. The van der Waals surface area contributed by atoms with Crippen molar-refractivity contribution in [3.05, 3.63) is 0 Å². The van der Waals surface area contributed by atoms with Crippen molar-refractivity contribution in [2.75, 3.05) is 19.6 Å². The van der Waals surface area contributed by atoms with Gasteiger partial charge in [0.05, 0.1) is 6.04 Å². The summed E-state index contributed by atoms with van der Waals surface area (Å²) in [5.41, 5.74) is 10.6. The number of amides is 1. The number of unbranched alkanes of at least 4 members (excludes halogenated alkanes) is 16. The van der Waals surface area contributed by atoms with E-state index in [9.17, 15) is 14.4 Å². The number of nitrogens with two attached hydrogens (primary N) is 2. The van der Waals surface area contributed by atoms with Crippen LogP contribution in [0.2, 0.25) is 0 Å². The maximum atomic E-state index is 12.0. The van der Waals surface area contributed by atoms with Crippen LogP contribution in [0.5, 0.6) is 0 Å². The first-order valence-corrected chi connectivity index (χ1v) is 15.7. The number of carbonyl (C=O) groups is 3. The normalized spacial score (nSPS) is 11.7. The molecule has 0 radical (unpaired) electrons. The van der Waals surface area contributed by atoms with Gasteiger partial charge in [0.1, 0.15) is 6.29 Å². The summed E-state index contributed by atoms with van der Waals surface area (Å²) in [5, 5.41) is 14.8. The Balaban J connectivity index is 3.32. The molecule has 0 spiro atoms. The van der Waals surface area contributed by atoms with Crippen LogP contribution in [0.4, 0.5) is 0 Å². The highest BCUT2D eigenvalue weighted by atomic mass is 16.4. The van der Waals surface area contributed by atoms with Gasteiger partial charge in [-0.05, 0) is 45.1 Å². The zero-order chi connectivity index (χ0) is 28.8. The molecule has 0 aliphatic carbocycles. The summed E-state index contributed by atoms with van der Waals surface area (Å²) in [4.78, 5) is 37.5. The zero-order valence-corrected chi connectivity index (χ0v) is 24.6. The van der Waals surface area contributed by atoms with Crippen LogP contribution in [0.15, 0.2) is 4.99 Å². The lowest BCUT2D eigenvalue weighted by Crippen LogP contribution is -2.32. The molecule has 0 aromatic heterocycles. The molecule has 0 aliphatic heterocycles. The van der Waals surface area contributed by atoms with E-state index in [-0.39, 0.29) is 17.9 Å². The summed E-state index contributed by atoms with van der Waals surface area (Å²) in [6, 6.07) is -0.176. The van der Waals surface area contributed by atoms with E-state index in [1.165, 1.54) is 77.0 Å². The molecule has 0 fully saturated rings. The van der Waals surface area contributed by atoms with Gasteiger partial charge in [0.15, 0.2) is 5.96 Å². The lowest BCUT2D eigenvalue weighted by atomic mass is 10.0. The first kappa shape index (κ1) is 36.8. The van der Waals surface area contributed by atoms with Gasteiger partial charge in [0.25, 0.3) is 0 Å². The Morgan fingerprint density at radius 1 is 0.667 bits per heavy atom. The smallest absolute Gasteiger partial charge is 0.303 e. The van der Waals surface area contributed by atoms with E-state index in [1.807, 2.05) is 0 Å². The summed E-state index contributed by atoms with van der Waals surface area (Å²) in [7, 11) is 0. The Morgan fingerprint density at radius 3 is 1.59 bits per heavy atom. The summed E-state index contributed by atoms with van der Waals surface area (Å²) in [6.07, 6.45) is 24.6. The minimum atomic E-state index is -0.676. The molecule has 0 aromatic carbocycles. The fourth-order valence-electron chi connectivity index (χ4n) is 4.63. The lowest BCUT2D eigenvalue weighted by Gasteiger charge is -2.12. The summed E-state index contributed by atoms with van der Waals surface area (Å²) in [5.74, 6) is -0.454. The maximum Gasteiger partial charge on any atom is 0.303 e. The molecule has 0 aliphatic rings. The number of carboxylic acids is 1. The van der Waals surface area contributed by atoms with Crippen molar-refractivity contribution in [1.29, 1.82) is 0 Å². The predicted molar refractivity (Wildman–Crippen MR) is 161 cm³/mol. The van der Waals surface area contributed by atoms with Crippen molar-refractivity contribution < 1.29 is 19.5 Å². The highest BCUT2D eigenvalue weighted by Crippen LogP contribution is 2.14. The predicted octanol–water partition coefficient (Wildman–Crippen LogP) is 5.20. The Bertz CT molecular complexity index is 626. The van der Waals surface area contributed by atoms with Gasteiger partial charge >= 0.3 is 5.97 Å². The van der Waals surface area contributed by atoms with Gasteiger partial charge in [-0.2, -0.15) is 0 Å². The first-order chi connectivity index (χ1) is 19.0. The number of nitrogens with zero attached hydrogens (tertiary/aromatic N) is 1. The number of hydrogen-bond donors (Lipinski definition) is 5. The van der Waals surface area contributed by atoms with Crippen molar-refractivity contribution in [1.82, 2.24) is 10.6 Å². The fraction of sp³-hybridized carbons (Fsp3) is 0.867. The molecule has 0 bridgehead atoms. The average molecular weight is 554 g/mol. The molecule has 0 rings (SSSR count). The molecule has 228 valence electrons. The summed E-state index contributed by atoms with van der Waals surface area (Å²) < 4.78 is 0. The van der Waals surface area contributed by atoms with Gasteiger partial charge in [-0.25, -0.2) is 0 Å². The monoisotopic (exact) mass is 553 g/mol. The Morgan fingerprint density at radius 2 is 1.13 bits per heavy atom. The molecule has 7 N–H and O–H groups in total. The molecule has 9 nitrogen and oxygen atoms in total. The number of nitrogens with one attached hydrogen (secondary N) is 2. The Hall–Kier alpha value is -2.16. The molecule has 9 heteroatoms. The van der Waals surface area contributed by atoms with E-state index in [1.54, 1.807) is 0 Å². The topological polar surface area (TPSA) is 160 Å². The van der Waals surface area contributed by atoms with Crippen molar-refractivity contribution >= 4 is 24.1 Å². The minimum Gasteiger partial charge on any atom is -0.481 e. The van der Waals surface area contributed by atoms with Crippen LogP contribution in [-0.4, -0.2) is 54.9 Å².